The van der Waals surface area contributed by atoms with Crippen molar-refractivity contribution in [2.24, 2.45) is 23.2 Å². The first kappa shape index (κ1) is 16.7. The van der Waals surface area contributed by atoms with Gasteiger partial charge in [-0.25, -0.2) is 0 Å². The van der Waals surface area contributed by atoms with E-state index in [4.69, 9.17) is 0 Å². The third-order valence-electron chi connectivity index (χ3n) is 4.03. The number of carbonyl (C=O) groups excluding carboxylic acids is 1. The van der Waals surface area contributed by atoms with Crippen molar-refractivity contribution in [2.75, 3.05) is 19.6 Å². The van der Waals surface area contributed by atoms with Crippen LogP contribution in [0.1, 0.15) is 60.8 Å². The number of hydrogen-bond acceptors (Lipinski definition) is 2. The molecule has 2 nitrogen and oxygen atoms in total. The van der Waals surface area contributed by atoms with Gasteiger partial charge in [-0.1, -0.05) is 41.5 Å². The van der Waals surface area contributed by atoms with Gasteiger partial charge in [0.05, 0.1) is 0 Å². The second-order valence-corrected chi connectivity index (χ2v) is 8.04. The summed E-state index contributed by atoms with van der Waals surface area (Å²) in [7, 11) is 0. The van der Waals surface area contributed by atoms with E-state index in [1.165, 1.54) is 0 Å². The van der Waals surface area contributed by atoms with Crippen LogP contribution < -0.4 is 0 Å². The molecule has 0 aromatic heterocycles. The van der Waals surface area contributed by atoms with Gasteiger partial charge < -0.3 is 4.90 Å². The van der Waals surface area contributed by atoms with Crippen LogP contribution in [0.5, 0.6) is 0 Å². The second-order valence-electron chi connectivity index (χ2n) is 8.04. The van der Waals surface area contributed by atoms with Gasteiger partial charge in [0, 0.05) is 32.0 Å². The Labute approximate surface area is 119 Å². The number of rotatable bonds is 6. The lowest BCUT2D eigenvalue weighted by Gasteiger charge is -2.37. The van der Waals surface area contributed by atoms with Crippen LogP contribution in [-0.2, 0) is 4.79 Å². The van der Waals surface area contributed by atoms with Crippen LogP contribution >= 0.6 is 0 Å². The van der Waals surface area contributed by atoms with Gasteiger partial charge in [-0.15, -0.1) is 0 Å². The van der Waals surface area contributed by atoms with Gasteiger partial charge in [-0.3, -0.25) is 4.79 Å². The van der Waals surface area contributed by atoms with Gasteiger partial charge in [0.2, 0.25) is 0 Å². The normalized spacial score (nSPS) is 23.6. The number of ketones is 1. The van der Waals surface area contributed by atoms with Crippen LogP contribution in [0.15, 0.2) is 0 Å². The zero-order chi connectivity index (χ0) is 14.6. The molecule has 1 fully saturated rings. The largest absolute Gasteiger partial charge is 0.302 e. The van der Waals surface area contributed by atoms with E-state index in [0.29, 0.717) is 23.0 Å². The molecular formula is C17H33NO. The summed E-state index contributed by atoms with van der Waals surface area (Å²) in [6, 6.07) is 0. The molecule has 0 N–H and O–H groups in total. The molecule has 19 heavy (non-hydrogen) atoms. The maximum atomic E-state index is 12.2. The summed E-state index contributed by atoms with van der Waals surface area (Å²) in [6.07, 6.45) is 2.92. The molecule has 1 saturated carbocycles. The third kappa shape index (κ3) is 6.07. The molecule has 0 bridgehead atoms. The van der Waals surface area contributed by atoms with Crippen LogP contribution in [0.3, 0.4) is 0 Å². The maximum Gasteiger partial charge on any atom is 0.137 e. The van der Waals surface area contributed by atoms with Crippen molar-refractivity contribution >= 4 is 5.78 Å². The van der Waals surface area contributed by atoms with Crippen LogP contribution in [0.4, 0.5) is 0 Å². The molecule has 0 saturated heterocycles. The van der Waals surface area contributed by atoms with E-state index in [1.54, 1.807) is 0 Å². The number of Topliss-reactive ketones (excluding diaryl/α,β-unsaturated/α-hetero) is 1. The summed E-state index contributed by atoms with van der Waals surface area (Å²) in [5, 5.41) is 0. The Bertz CT molecular complexity index is 284. The lowest BCUT2D eigenvalue weighted by Crippen LogP contribution is -2.41. The van der Waals surface area contributed by atoms with Gasteiger partial charge >= 0.3 is 0 Å². The number of nitrogens with zero attached hydrogens (tertiary/aromatic N) is 1. The van der Waals surface area contributed by atoms with E-state index in [2.05, 4.69) is 46.4 Å². The minimum absolute atomic E-state index is 0.265. The molecule has 2 heteroatoms. The smallest absolute Gasteiger partial charge is 0.137 e. The molecule has 0 aliphatic heterocycles. The third-order valence-corrected chi connectivity index (χ3v) is 4.03. The number of carbonyl (C=O) groups is 1. The molecule has 0 radical (unpaired) electrons. The lowest BCUT2D eigenvalue weighted by atomic mass is 9.71. The molecule has 1 unspecified atom stereocenters. The highest BCUT2D eigenvalue weighted by Gasteiger charge is 2.34. The molecule has 1 atom stereocenters. The summed E-state index contributed by atoms with van der Waals surface area (Å²) >= 11 is 0. The Balaban J connectivity index is 2.62. The van der Waals surface area contributed by atoms with Crippen molar-refractivity contribution in [1.82, 2.24) is 4.90 Å². The topological polar surface area (TPSA) is 20.3 Å². The molecule has 0 aromatic carbocycles. The fourth-order valence-electron chi connectivity index (χ4n) is 3.28. The Morgan fingerprint density at radius 1 is 1.16 bits per heavy atom. The van der Waals surface area contributed by atoms with Crippen LogP contribution in [0, 0.1) is 23.2 Å². The van der Waals surface area contributed by atoms with Crippen molar-refractivity contribution < 1.29 is 4.79 Å². The monoisotopic (exact) mass is 267 g/mol. The Hall–Kier alpha value is -0.370. The van der Waals surface area contributed by atoms with Crippen molar-refractivity contribution in [2.45, 2.75) is 60.8 Å². The van der Waals surface area contributed by atoms with E-state index >= 15 is 0 Å². The summed E-state index contributed by atoms with van der Waals surface area (Å²) in [5.74, 6) is 2.11. The average Bonchev–Trinajstić information content (AvgIpc) is 2.21. The summed E-state index contributed by atoms with van der Waals surface area (Å²) in [6.45, 7) is 16.9. The quantitative estimate of drug-likeness (QED) is 0.725. The van der Waals surface area contributed by atoms with E-state index in [-0.39, 0.29) is 5.92 Å². The molecule has 0 aromatic rings. The molecule has 1 rings (SSSR count). The highest BCUT2D eigenvalue weighted by Crippen LogP contribution is 2.37. The molecule has 0 heterocycles. The Kier molecular flexibility index (Phi) is 6.04. The van der Waals surface area contributed by atoms with E-state index < -0.39 is 0 Å². The first-order valence-corrected chi connectivity index (χ1v) is 7.94. The lowest BCUT2D eigenvalue weighted by molar-refractivity contribution is -0.127. The Morgan fingerprint density at radius 2 is 1.68 bits per heavy atom. The highest BCUT2D eigenvalue weighted by molar-refractivity contribution is 5.82. The van der Waals surface area contributed by atoms with Crippen molar-refractivity contribution in [3.05, 3.63) is 0 Å². The molecule has 0 amide bonds. The molecule has 0 spiro atoms. The van der Waals surface area contributed by atoms with Gasteiger partial charge in [0.15, 0.2) is 0 Å². The standard InChI is InChI=1S/C17H33NO/c1-13(2)10-18(11-14(3)4)12-15-9-17(5,6)8-7-16(15)19/h13-15H,7-12H2,1-6H3. The average molecular weight is 267 g/mol. The highest BCUT2D eigenvalue weighted by atomic mass is 16.1. The summed E-state index contributed by atoms with van der Waals surface area (Å²) < 4.78 is 0. The van der Waals surface area contributed by atoms with Crippen molar-refractivity contribution in [3.8, 4) is 0 Å². The van der Waals surface area contributed by atoms with Gasteiger partial charge in [-0.05, 0) is 30.1 Å². The summed E-state index contributed by atoms with van der Waals surface area (Å²) in [5.41, 5.74) is 0.347. The predicted molar refractivity (Wildman–Crippen MR) is 82.2 cm³/mol. The molecule has 1 aliphatic carbocycles. The fraction of sp³-hybridized carbons (Fsp3) is 0.941. The van der Waals surface area contributed by atoms with Gasteiger partial charge in [0.1, 0.15) is 5.78 Å². The number of hydrogen-bond donors (Lipinski definition) is 0. The van der Waals surface area contributed by atoms with Crippen LogP contribution in [0.25, 0.3) is 0 Å². The second kappa shape index (κ2) is 6.88. The molecule has 112 valence electrons. The first-order valence-electron chi connectivity index (χ1n) is 7.94. The van der Waals surface area contributed by atoms with Crippen molar-refractivity contribution in [1.29, 1.82) is 0 Å². The molecular weight excluding hydrogens is 234 g/mol. The van der Waals surface area contributed by atoms with Gasteiger partial charge in [-0.2, -0.15) is 0 Å². The fourth-order valence-corrected chi connectivity index (χ4v) is 3.28. The minimum atomic E-state index is 0.265. The SMILES string of the molecule is CC(C)CN(CC(C)C)CC1CC(C)(C)CCC1=O. The van der Waals surface area contributed by atoms with Crippen molar-refractivity contribution in [3.63, 3.8) is 0 Å². The van der Waals surface area contributed by atoms with Crippen LogP contribution in [0.2, 0.25) is 0 Å². The van der Waals surface area contributed by atoms with E-state index in [0.717, 1.165) is 38.9 Å². The van der Waals surface area contributed by atoms with Gasteiger partial charge in [0.25, 0.3) is 0 Å². The first-order chi connectivity index (χ1) is 8.69. The predicted octanol–water partition coefficient (Wildman–Crippen LogP) is 4.00. The van der Waals surface area contributed by atoms with E-state index in [1.807, 2.05) is 0 Å². The zero-order valence-electron chi connectivity index (χ0n) is 13.8. The summed E-state index contributed by atoms with van der Waals surface area (Å²) in [4.78, 5) is 14.7. The van der Waals surface area contributed by atoms with E-state index in [9.17, 15) is 4.79 Å². The maximum absolute atomic E-state index is 12.2. The molecule has 1 aliphatic rings. The minimum Gasteiger partial charge on any atom is -0.302 e. The zero-order valence-corrected chi connectivity index (χ0v) is 13.8. The van der Waals surface area contributed by atoms with Crippen LogP contribution in [-0.4, -0.2) is 30.3 Å². The Morgan fingerprint density at radius 3 is 2.16 bits per heavy atom.